The van der Waals surface area contributed by atoms with Crippen molar-refractivity contribution in [3.63, 3.8) is 0 Å². The van der Waals surface area contributed by atoms with Crippen LogP contribution >= 0.6 is 12.4 Å². The molecule has 3 N–H and O–H groups in total. The highest BCUT2D eigenvalue weighted by molar-refractivity contribution is 5.85. The smallest absolute Gasteiger partial charge is 0.329 e. The van der Waals surface area contributed by atoms with Crippen molar-refractivity contribution >= 4 is 18.4 Å². The third kappa shape index (κ3) is 4.79. The molecule has 1 atom stereocenters. The molecular weight excluding hydrogens is 206 g/mol. The van der Waals surface area contributed by atoms with Crippen LogP contribution in [0.3, 0.4) is 0 Å². The lowest BCUT2D eigenvalue weighted by atomic mass is 9.88. The molecule has 1 saturated carbocycles. The summed E-state index contributed by atoms with van der Waals surface area (Å²) in [6, 6.07) is 0. The van der Waals surface area contributed by atoms with E-state index in [4.69, 9.17) is 15.6 Å². The standard InChI is InChI=1S/C9H17NO3.ClH/c10-9(13-6-8(11)12)7-4-2-1-3-5-7;/h7,9H,1-6,10H2,(H,11,12);1H. The van der Waals surface area contributed by atoms with Crippen LogP contribution in [0.15, 0.2) is 0 Å². The minimum absolute atomic E-state index is 0. The van der Waals surface area contributed by atoms with Crippen molar-refractivity contribution in [1.29, 1.82) is 0 Å². The molecule has 0 saturated heterocycles. The van der Waals surface area contributed by atoms with Gasteiger partial charge < -0.3 is 15.6 Å². The number of carbonyl (C=O) groups is 1. The van der Waals surface area contributed by atoms with Crippen LogP contribution < -0.4 is 5.73 Å². The van der Waals surface area contributed by atoms with E-state index in [0.717, 1.165) is 12.8 Å². The first-order valence-electron chi connectivity index (χ1n) is 4.79. The fraction of sp³-hybridized carbons (Fsp3) is 0.889. The fourth-order valence-corrected chi connectivity index (χ4v) is 1.77. The van der Waals surface area contributed by atoms with E-state index in [9.17, 15) is 4.79 Å². The molecule has 5 heteroatoms. The third-order valence-electron chi connectivity index (χ3n) is 2.51. The van der Waals surface area contributed by atoms with E-state index in [0.29, 0.717) is 5.92 Å². The van der Waals surface area contributed by atoms with Gasteiger partial charge >= 0.3 is 5.97 Å². The molecule has 0 spiro atoms. The maximum atomic E-state index is 10.2. The van der Waals surface area contributed by atoms with E-state index in [-0.39, 0.29) is 19.0 Å². The van der Waals surface area contributed by atoms with Gasteiger partial charge in [-0.2, -0.15) is 0 Å². The predicted octanol–water partition coefficient (Wildman–Crippen LogP) is 1.37. The molecule has 1 aliphatic rings. The molecule has 4 nitrogen and oxygen atoms in total. The Balaban J connectivity index is 0.00000169. The van der Waals surface area contributed by atoms with Gasteiger partial charge in [0.25, 0.3) is 0 Å². The van der Waals surface area contributed by atoms with Gasteiger partial charge in [-0.05, 0) is 18.8 Å². The zero-order chi connectivity index (χ0) is 9.68. The van der Waals surface area contributed by atoms with Gasteiger partial charge in [0.2, 0.25) is 0 Å². The monoisotopic (exact) mass is 223 g/mol. The quantitative estimate of drug-likeness (QED) is 0.707. The summed E-state index contributed by atoms with van der Waals surface area (Å²) in [7, 11) is 0. The lowest BCUT2D eigenvalue weighted by Gasteiger charge is -2.26. The van der Waals surface area contributed by atoms with Crippen molar-refractivity contribution in [3.8, 4) is 0 Å². The zero-order valence-electron chi connectivity index (χ0n) is 8.15. The first kappa shape index (κ1) is 13.7. The van der Waals surface area contributed by atoms with E-state index < -0.39 is 12.2 Å². The average Bonchev–Trinajstić information content (AvgIpc) is 2.15. The third-order valence-corrected chi connectivity index (χ3v) is 2.51. The molecule has 0 aromatic rings. The van der Waals surface area contributed by atoms with Crippen molar-refractivity contribution in [2.75, 3.05) is 6.61 Å². The maximum Gasteiger partial charge on any atom is 0.329 e. The second kappa shape index (κ2) is 7.04. The molecule has 1 fully saturated rings. The first-order chi connectivity index (χ1) is 6.20. The van der Waals surface area contributed by atoms with Gasteiger partial charge in [-0.1, -0.05) is 19.3 Å². The molecule has 0 amide bonds. The molecule has 0 bridgehead atoms. The fourth-order valence-electron chi connectivity index (χ4n) is 1.77. The molecule has 0 radical (unpaired) electrons. The SMILES string of the molecule is Cl.NC(OCC(=O)O)C1CCCCC1. The summed E-state index contributed by atoms with van der Waals surface area (Å²) in [4.78, 5) is 10.2. The van der Waals surface area contributed by atoms with Crippen LogP contribution in [0.25, 0.3) is 0 Å². The summed E-state index contributed by atoms with van der Waals surface area (Å²) < 4.78 is 5.02. The molecule has 0 heterocycles. The summed E-state index contributed by atoms with van der Waals surface area (Å²) in [6.07, 6.45) is 5.39. The molecule has 1 rings (SSSR count). The Morgan fingerprint density at radius 3 is 2.50 bits per heavy atom. The molecular formula is C9H18ClNO3. The number of halogens is 1. The van der Waals surface area contributed by atoms with Crippen LogP contribution in [0.1, 0.15) is 32.1 Å². The second-order valence-electron chi connectivity index (χ2n) is 3.57. The number of nitrogens with two attached hydrogens (primary N) is 1. The summed E-state index contributed by atoms with van der Waals surface area (Å²) in [6.45, 7) is -0.280. The van der Waals surface area contributed by atoms with Gasteiger partial charge in [0, 0.05) is 0 Å². The summed E-state index contributed by atoms with van der Waals surface area (Å²) in [5, 5.41) is 8.38. The van der Waals surface area contributed by atoms with E-state index >= 15 is 0 Å². The lowest BCUT2D eigenvalue weighted by molar-refractivity contribution is -0.145. The van der Waals surface area contributed by atoms with E-state index in [1.807, 2.05) is 0 Å². The van der Waals surface area contributed by atoms with Gasteiger partial charge in [-0.15, -0.1) is 12.4 Å². The number of ether oxygens (including phenoxy) is 1. The average molecular weight is 224 g/mol. The molecule has 1 unspecified atom stereocenters. The topological polar surface area (TPSA) is 72.5 Å². The van der Waals surface area contributed by atoms with Gasteiger partial charge in [0.1, 0.15) is 12.8 Å². The Labute approximate surface area is 90.2 Å². The Morgan fingerprint density at radius 2 is 2.00 bits per heavy atom. The summed E-state index contributed by atoms with van der Waals surface area (Å²) in [5.41, 5.74) is 5.71. The van der Waals surface area contributed by atoms with Gasteiger partial charge in [0.15, 0.2) is 0 Å². The van der Waals surface area contributed by atoms with Crippen LogP contribution in [-0.4, -0.2) is 23.9 Å². The second-order valence-corrected chi connectivity index (χ2v) is 3.57. The lowest BCUT2D eigenvalue weighted by Crippen LogP contribution is -2.35. The van der Waals surface area contributed by atoms with Crippen LogP contribution in [0.5, 0.6) is 0 Å². The molecule has 14 heavy (non-hydrogen) atoms. The summed E-state index contributed by atoms with van der Waals surface area (Å²) in [5.74, 6) is -0.598. The Morgan fingerprint density at radius 1 is 1.43 bits per heavy atom. The van der Waals surface area contributed by atoms with Crippen LogP contribution in [0.2, 0.25) is 0 Å². The molecule has 1 aliphatic carbocycles. The number of rotatable bonds is 4. The number of aliphatic carboxylic acids is 1. The van der Waals surface area contributed by atoms with E-state index in [1.165, 1.54) is 19.3 Å². The Kier molecular flexibility index (Phi) is 6.87. The molecule has 0 aromatic carbocycles. The van der Waals surface area contributed by atoms with Gasteiger partial charge in [0.05, 0.1) is 0 Å². The molecule has 84 valence electrons. The van der Waals surface area contributed by atoms with E-state index in [1.54, 1.807) is 0 Å². The molecule has 0 aliphatic heterocycles. The van der Waals surface area contributed by atoms with Crippen molar-refractivity contribution in [3.05, 3.63) is 0 Å². The maximum absolute atomic E-state index is 10.2. The van der Waals surface area contributed by atoms with Crippen molar-refractivity contribution in [2.45, 2.75) is 38.3 Å². The summed E-state index contributed by atoms with van der Waals surface area (Å²) >= 11 is 0. The Hall–Kier alpha value is -0.320. The largest absolute Gasteiger partial charge is 0.480 e. The predicted molar refractivity (Wildman–Crippen MR) is 55.4 cm³/mol. The zero-order valence-corrected chi connectivity index (χ0v) is 8.96. The van der Waals surface area contributed by atoms with Crippen molar-refractivity contribution < 1.29 is 14.6 Å². The number of hydrogen-bond donors (Lipinski definition) is 2. The number of carboxylic acids is 1. The number of hydrogen-bond acceptors (Lipinski definition) is 3. The van der Waals surface area contributed by atoms with Gasteiger partial charge in [-0.25, -0.2) is 4.79 Å². The highest BCUT2D eigenvalue weighted by Crippen LogP contribution is 2.25. The van der Waals surface area contributed by atoms with Crippen molar-refractivity contribution in [1.82, 2.24) is 0 Å². The van der Waals surface area contributed by atoms with Crippen molar-refractivity contribution in [2.24, 2.45) is 11.7 Å². The normalized spacial score (nSPS) is 19.8. The number of carboxylic acid groups (broad SMARTS) is 1. The minimum Gasteiger partial charge on any atom is -0.480 e. The first-order valence-corrected chi connectivity index (χ1v) is 4.79. The Bertz CT molecular complexity index is 171. The minimum atomic E-state index is -0.953. The van der Waals surface area contributed by atoms with Crippen LogP contribution in [-0.2, 0) is 9.53 Å². The highest BCUT2D eigenvalue weighted by atomic mass is 35.5. The van der Waals surface area contributed by atoms with Crippen LogP contribution in [0, 0.1) is 5.92 Å². The van der Waals surface area contributed by atoms with Crippen LogP contribution in [0.4, 0.5) is 0 Å². The molecule has 0 aromatic heterocycles. The highest BCUT2D eigenvalue weighted by Gasteiger charge is 2.21. The van der Waals surface area contributed by atoms with Gasteiger partial charge in [-0.3, -0.25) is 0 Å². The van der Waals surface area contributed by atoms with E-state index in [2.05, 4.69) is 0 Å².